The van der Waals surface area contributed by atoms with Crippen LogP contribution < -0.4 is 14.8 Å². The summed E-state index contributed by atoms with van der Waals surface area (Å²) < 4.78 is 46.7. The fraction of sp³-hybridized carbons (Fsp3) is 0.118. The largest absolute Gasteiger partial charge is 0.573 e. The van der Waals surface area contributed by atoms with Gasteiger partial charge in [0.05, 0.1) is 19.0 Å². The van der Waals surface area contributed by atoms with E-state index in [1.807, 2.05) is 0 Å². The van der Waals surface area contributed by atoms with Crippen molar-refractivity contribution in [3.63, 3.8) is 0 Å². The highest BCUT2D eigenvalue weighted by Crippen LogP contribution is 2.24. The molecule has 1 aromatic heterocycles. The third-order valence-electron chi connectivity index (χ3n) is 3.41. The van der Waals surface area contributed by atoms with E-state index in [1.165, 1.54) is 23.0 Å². The van der Waals surface area contributed by atoms with Crippen LogP contribution >= 0.6 is 0 Å². The molecule has 0 saturated carbocycles. The number of nitrogens with zero attached hydrogens (tertiary/aromatic N) is 3. The molecule has 0 bridgehead atoms. The lowest BCUT2D eigenvalue weighted by atomic mass is 10.3. The van der Waals surface area contributed by atoms with Gasteiger partial charge < -0.3 is 14.8 Å². The van der Waals surface area contributed by atoms with Crippen molar-refractivity contribution in [1.29, 1.82) is 0 Å². The Hall–Kier alpha value is -3.56. The summed E-state index contributed by atoms with van der Waals surface area (Å²) in [6.45, 7) is 0. The summed E-state index contributed by atoms with van der Waals surface area (Å²) in [6, 6.07) is 11.7. The van der Waals surface area contributed by atoms with E-state index in [-0.39, 0.29) is 17.1 Å². The number of halogens is 3. The van der Waals surface area contributed by atoms with Crippen molar-refractivity contribution < 1.29 is 27.4 Å². The molecule has 0 radical (unpaired) electrons. The van der Waals surface area contributed by atoms with Crippen LogP contribution in [0.2, 0.25) is 0 Å². The Kier molecular flexibility index (Phi) is 4.97. The van der Waals surface area contributed by atoms with Gasteiger partial charge in [0.25, 0.3) is 5.91 Å². The number of rotatable bonds is 5. The van der Waals surface area contributed by atoms with Crippen LogP contribution in [-0.2, 0) is 0 Å². The zero-order chi connectivity index (χ0) is 19.4. The van der Waals surface area contributed by atoms with Crippen LogP contribution in [0.1, 0.15) is 10.5 Å². The van der Waals surface area contributed by atoms with E-state index in [0.29, 0.717) is 11.4 Å². The van der Waals surface area contributed by atoms with E-state index in [9.17, 15) is 18.0 Å². The highest BCUT2D eigenvalue weighted by atomic mass is 19.4. The molecule has 0 aliphatic rings. The van der Waals surface area contributed by atoms with Gasteiger partial charge in [-0.3, -0.25) is 4.79 Å². The molecule has 0 saturated heterocycles. The molecule has 0 atom stereocenters. The van der Waals surface area contributed by atoms with E-state index in [1.54, 1.807) is 31.4 Å². The molecule has 7 nitrogen and oxygen atoms in total. The number of alkyl halides is 3. The Morgan fingerprint density at radius 3 is 2.26 bits per heavy atom. The lowest BCUT2D eigenvalue weighted by molar-refractivity contribution is -0.274. The summed E-state index contributed by atoms with van der Waals surface area (Å²) in [7, 11) is 1.55. The molecule has 10 heteroatoms. The molecule has 0 fully saturated rings. The predicted octanol–water partition coefficient (Wildman–Crippen LogP) is 3.43. The second-order valence-corrected chi connectivity index (χ2v) is 5.27. The van der Waals surface area contributed by atoms with E-state index >= 15 is 0 Å². The molecular formula is C17H13F3N4O3. The molecule has 140 valence electrons. The molecule has 1 amide bonds. The van der Waals surface area contributed by atoms with Crippen molar-refractivity contribution in [3.8, 4) is 17.2 Å². The van der Waals surface area contributed by atoms with Gasteiger partial charge in [-0.1, -0.05) is 5.21 Å². The monoisotopic (exact) mass is 378 g/mol. The molecule has 1 heterocycles. The first-order valence-corrected chi connectivity index (χ1v) is 7.58. The minimum absolute atomic E-state index is 0.0430. The fourth-order valence-electron chi connectivity index (χ4n) is 2.16. The first kappa shape index (κ1) is 18.2. The number of hydrogen-bond donors (Lipinski definition) is 1. The maximum absolute atomic E-state index is 12.2. The van der Waals surface area contributed by atoms with E-state index < -0.39 is 12.3 Å². The van der Waals surface area contributed by atoms with E-state index in [2.05, 4.69) is 20.4 Å². The Bertz CT molecular complexity index is 922. The smallest absolute Gasteiger partial charge is 0.497 e. The summed E-state index contributed by atoms with van der Waals surface area (Å²) in [4.78, 5) is 12.2. The summed E-state index contributed by atoms with van der Waals surface area (Å²) >= 11 is 0. The van der Waals surface area contributed by atoms with Crippen molar-refractivity contribution in [1.82, 2.24) is 15.0 Å². The summed E-state index contributed by atoms with van der Waals surface area (Å²) in [5, 5.41) is 10.2. The number of carbonyl (C=O) groups is 1. The van der Waals surface area contributed by atoms with Gasteiger partial charge in [0.15, 0.2) is 5.69 Å². The number of anilines is 1. The number of ether oxygens (including phenoxy) is 2. The van der Waals surface area contributed by atoms with Crippen LogP contribution in [0.25, 0.3) is 5.69 Å². The average Bonchev–Trinajstić information content (AvgIpc) is 3.12. The first-order valence-electron chi connectivity index (χ1n) is 7.58. The number of hydrogen-bond acceptors (Lipinski definition) is 5. The van der Waals surface area contributed by atoms with Gasteiger partial charge in [-0.05, 0) is 48.5 Å². The SMILES string of the molecule is COc1ccc(-n2cc(C(=O)Nc3ccc(OC(F)(F)F)cc3)nn2)cc1. The zero-order valence-electron chi connectivity index (χ0n) is 13.9. The van der Waals surface area contributed by atoms with Crippen LogP contribution in [0.3, 0.4) is 0 Å². The number of methoxy groups -OCH3 is 1. The third kappa shape index (κ3) is 4.75. The molecule has 1 N–H and O–H groups in total. The van der Waals surface area contributed by atoms with Gasteiger partial charge in [-0.2, -0.15) is 0 Å². The number of carbonyl (C=O) groups excluding carboxylic acids is 1. The summed E-state index contributed by atoms with van der Waals surface area (Å²) in [5.74, 6) is -0.264. The Balaban J connectivity index is 1.67. The normalized spacial score (nSPS) is 11.1. The molecule has 0 spiro atoms. The van der Waals surface area contributed by atoms with Crippen molar-refractivity contribution in [2.75, 3.05) is 12.4 Å². The van der Waals surface area contributed by atoms with Crippen molar-refractivity contribution in [2.24, 2.45) is 0 Å². The van der Waals surface area contributed by atoms with Crippen molar-refractivity contribution in [3.05, 3.63) is 60.4 Å². The lowest BCUT2D eigenvalue weighted by Crippen LogP contribution is -2.17. The zero-order valence-corrected chi connectivity index (χ0v) is 13.9. The number of nitrogens with one attached hydrogen (secondary N) is 1. The first-order chi connectivity index (χ1) is 12.8. The number of benzene rings is 2. The van der Waals surface area contributed by atoms with Gasteiger partial charge in [0.1, 0.15) is 11.5 Å². The Labute approximate surface area is 151 Å². The van der Waals surface area contributed by atoms with Gasteiger partial charge in [0.2, 0.25) is 0 Å². The van der Waals surface area contributed by atoms with Crippen molar-refractivity contribution in [2.45, 2.75) is 6.36 Å². The molecule has 0 aliphatic heterocycles. The molecule has 3 aromatic rings. The second-order valence-electron chi connectivity index (χ2n) is 5.27. The minimum Gasteiger partial charge on any atom is -0.497 e. The topological polar surface area (TPSA) is 78.3 Å². The fourth-order valence-corrected chi connectivity index (χ4v) is 2.16. The quantitative estimate of drug-likeness (QED) is 0.736. The molecule has 3 rings (SSSR count). The number of aromatic nitrogens is 3. The van der Waals surface area contributed by atoms with Crippen LogP contribution in [0.5, 0.6) is 11.5 Å². The van der Waals surface area contributed by atoms with Crippen LogP contribution in [0.15, 0.2) is 54.7 Å². The van der Waals surface area contributed by atoms with E-state index in [4.69, 9.17) is 4.74 Å². The van der Waals surface area contributed by atoms with Gasteiger partial charge >= 0.3 is 6.36 Å². The molecular weight excluding hydrogens is 365 g/mol. The highest BCUT2D eigenvalue weighted by Gasteiger charge is 2.31. The molecule has 0 unspecified atom stereocenters. The van der Waals surface area contributed by atoms with E-state index in [0.717, 1.165) is 12.1 Å². The van der Waals surface area contributed by atoms with Crippen LogP contribution in [0.4, 0.5) is 18.9 Å². The lowest BCUT2D eigenvalue weighted by Gasteiger charge is -2.09. The summed E-state index contributed by atoms with van der Waals surface area (Å²) in [6.07, 6.45) is -3.34. The van der Waals surface area contributed by atoms with Crippen LogP contribution in [-0.4, -0.2) is 34.4 Å². The maximum atomic E-state index is 12.2. The molecule has 0 aliphatic carbocycles. The van der Waals surface area contributed by atoms with Gasteiger partial charge in [0, 0.05) is 5.69 Å². The Morgan fingerprint density at radius 2 is 1.67 bits per heavy atom. The van der Waals surface area contributed by atoms with Crippen LogP contribution in [0, 0.1) is 0 Å². The Morgan fingerprint density at radius 1 is 1.04 bits per heavy atom. The second kappa shape index (κ2) is 7.36. The third-order valence-corrected chi connectivity index (χ3v) is 3.41. The standard InChI is InChI=1S/C17H13F3N4O3/c1-26-13-8-4-12(5-9-13)24-10-15(22-23-24)16(25)21-11-2-6-14(7-3-11)27-17(18,19)20/h2-10H,1H3,(H,21,25). The number of amides is 1. The average molecular weight is 378 g/mol. The molecule has 2 aromatic carbocycles. The highest BCUT2D eigenvalue weighted by molar-refractivity contribution is 6.02. The van der Waals surface area contributed by atoms with Crippen molar-refractivity contribution >= 4 is 11.6 Å². The van der Waals surface area contributed by atoms with Gasteiger partial charge in [-0.15, -0.1) is 18.3 Å². The summed E-state index contributed by atoms with van der Waals surface area (Å²) in [5.41, 5.74) is 1.01. The predicted molar refractivity (Wildman–Crippen MR) is 89.0 cm³/mol. The minimum atomic E-state index is -4.77. The van der Waals surface area contributed by atoms with Gasteiger partial charge in [-0.25, -0.2) is 4.68 Å². The molecule has 27 heavy (non-hydrogen) atoms. The maximum Gasteiger partial charge on any atom is 0.573 e.